The van der Waals surface area contributed by atoms with E-state index in [1.165, 1.54) is 0 Å². The summed E-state index contributed by atoms with van der Waals surface area (Å²) >= 11 is 0. The standard InChI is InChI=1S/Cu.In.H2Se.Tl.3H/h;;1H2;;;;. The van der Waals surface area contributed by atoms with E-state index in [1.54, 1.807) is 0 Å². The third-order valence-corrected chi connectivity index (χ3v) is 0. The van der Waals surface area contributed by atoms with Crippen LogP contribution in [-0.2, 0) is 17.1 Å². The Hall–Kier alpha value is 2.83. The van der Waals surface area contributed by atoms with Crippen LogP contribution in [0.5, 0.6) is 0 Å². The third kappa shape index (κ3) is 8.85. The molecule has 28 valence electrons. The van der Waals surface area contributed by atoms with Crippen LogP contribution < -0.4 is 0 Å². The van der Waals surface area contributed by atoms with Crippen LogP contribution in [0.3, 0.4) is 0 Å². The first-order valence-corrected chi connectivity index (χ1v) is 0. The molecule has 0 saturated heterocycles. The number of hydrogen-bond donors (Lipinski definition) is 0. The van der Waals surface area contributed by atoms with E-state index in [9.17, 15) is 0 Å². The van der Waals surface area contributed by atoms with Crippen LogP contribution in [0.2, 0.25) is 0 Å². The maximum absolute atomic E-state index is 0. The first-order chi connectivity index (χ1) is 0. The van der Waals surface area contributed by atoms with Crippen molar-refractivity contribution in [2.24, 2.45) is 0 Å². The molecule has 0 aliphatic heterocycles. The molecule has 0 N–H and O–H groups in total. The van der Waals surface area contributed by atoms with E-state index in [2.05, 4.69) is 0 Å². The van der Waals surface area contributed by atoms with E-state index in [0.29, 0.717) is 0 Å². The fraction of sp³-hybridized carbons (Fsp3) is 0. The van der Waals surface area contributed by atoms with Crippen LogP contribution in [0.15, 0.2) is 0 Å². The zero-order chi connectivity index (χ0) is 0. The first-order valence-electron chi connectivity index (χ1n) is 0. The van der Waals surface area contributed by atoms with Gasteiger partial charge in [0.25, 0.3) is 0 Å². The molecule has 0 amide bonds. The molecule has 4 heteroatoms. The van der Waals surface area contributed by atoms with Crippen molar-refractivity contribution in [2.75, 3.05) is 0 Å². The molecule has 2 radical (unpaired) electrons. The normalized spacial score (nSPS) is 0. The van der Waals surface area contributed by atoms with Crippen LogP contribution >= 0.6 is 0 Å². The van der Waals surface area contributed by atoms with Gasteiger partial charge >= 0.3 is 42.9 Å². The van der Waals surface area contributed by atoms with Crippen LogP contribution in [0, 0.1) is 0 Å². The molecule has 0 aromatic heterocycles. The zero-order valence-electron chi connectivity index (χ0n) is 1.38. The van der Waals surface area contributed by atoms with Crippen molar-refractivity contribution in [1.82, 2.24) is 0 Å². The smallest absolute Gasteiger partial charge is 0 e. The molecular weight excluding hydrogens is 462 g/mol. The predicted molar refractivity (Wildman–Crippen MR) is 24.2 cm³/mol. The fourth-order valence-electron chi connectivity index (χ4n) is 0. The summed E-state index contributed by atoms with van der Waals surface area (Å²) < 4.78 is 0. The van der Waals surface area contributed by atoms with Crippen molar-refractivity contribution in [3.63, 3.8) is 0 Å². The summed E-state index contributed by atoms with van der Waals surface area (Å²) in [6, 6.07) is 0. The second-order valence-corrected chi connectivity index (χ2v) is 0. The molecule has 0 nitrogen and oxygen atoms in total. The quantitative estimate of drug-likeness (QED) is 0.347. The minimum absolute atomic E-state index is 0. The van der Waals surface area contributed by atoms with Gasteiger partial charge in [-0.1, -0.05) is 0 Å². The maximum Gasteiger partial charge on any atom is 0 e. The number of hydrogen-bond acceptors (Lipinski definition) is 0. The fourth-order valence-corrected chi connectivity index (χ4v) is 0. The van der Waals surface area contributed by atoms with E-state index in [4.69, 9.17) is 0 Å². The second-order valence-electron chi connectivity index (χ2n) is 0. The van der Waals surface area contributed by atoms with E-state index in [-0.39, 0.29) is 87.3 Å². The molecule has 0 bridgehead atoms. The number of rotatable bonds is 0. The average Bonchev–Trinajstić information content (AvgIpc) is 0. The largest absolute Gasteiger partial charge is 0 e. The molecule has 0 spiro atoms. The van der Waals surface area contributed by atoms with Crippen molar-refractivity contribution >= 4 is 70.2 Å². The van der Waals surface area contributed by atoms with Crippen LogP contribution in [0.4, 0.5) is 0 Å². The zero-order valence-corrected chi connectivity index (χ0v) is 8.91. The summed E-state index contributed by atoms with van der Waals surface area (Å²) in [4.78, 5) is 0. The Balaban J connectivity index is 0. The summed E-state index contributed by atoms with van der Waals surface area (Å²) in [6.45, 7) is 0. The third-order valence-electron chi connectivity index (χ3n) is 0. The summed E-state index contributed by atoms with van der Waals surface area (Å²) in [7, 11) is 0. The van der Waals surface area contributed by atoms with Gasteiger partial charge < -0.3 is 0 Å². The van der Waals surface area contributed by atoms with Gasteiger partial charge in [-0.3, -0.25) is 0 Å². The molecule has 0 aromatic carbocycles. The van der Waals surface area contributed by atoms with Crippen LogP contribution in [-0.4, -0.2) is 70.2 Å². The molecule has 0 aromatic rings. The van der Waals surface area contributed by atoms with Gasteiger partial charge in [-0.25, -0.2) is 0 Å². The van der Waals surface area contributed by atoms with Crippen molar-refractivity contribution in [3.8, 4) is 0 Å². The van der Waals surface area contributed by atoms with Gasteiger partial charge in [0.15, 0.2) is 0 Å². The van der Waals surface area contributed by atoms with E-state index >= 15 is 0 Å². The van der Waals surface area contributed by atoms with Crippen molar-refractivity contribution in [3.05, 3.63) is 0 Å². The van der Waals surface area contributed by atoms with Crippen LogP contribution in [0.25, 0.3) is 0 Å². The molecule has 4 heavy (non-hydrogen) atoms. The molecular formula is H5CuInSeTl. The van der Waals surface area contributed by atoms with Gasteiger partial charge in [0.05, 0.1) is 0 Å². The Morgan fingerprint density at radius 2 is 1.00 bits per heavy atom. The predicted octanol–water partition coefficient (Wildman–Crippen LogP) is -2.48. The molecule has 0 fully saturated rings. The Morgan fingerprint density at radius 3 is 1.00 bits per heavy atom. The molecule has 0 rings (SSSR count). The molecule has 0 aliphatic carbocycles. The Morgan fingerprint density at radius 1 is 1.00 bits per heavy atom. The Kier molecular flexibility index (Phi) is 123. The first kappa shape index (κ1) is 29.0. The van der Waals surface area contributed by atoms with E-state index < -0.39 is 0 Å². The van der Waals surface area contributed by atoms with Gasteiger partial charge in [-0.05, 0) is 0 Å². The van der Waals surface area contributed by atoms with Gasteiger partial charge in [-0.2, -0.15) is 0 Å². The molecule has 0 heterocycles. The monoisotopic (exact) mass is 468 g/mol. The molecule has 0 unspecified atom stereocenters. The minimum atomic E-state index is 0. The van der Waals surface area contributed by atoms with Crippen LogP contribution in [0.1, 0.15) is 0 Å². The molecule has 0 aliphatic rings. The maximum atomic E-state index is 0. The summed E-state index contributed by atoms with van der Waals surface area (Å²) in [5.74, 6) is 0. The summed E-state index contributed by atoms with van der Waals surface area (Å²) in [5.41, 5.74) is 0. The SMILES string of the molecule is [Cu].[InH3].[SeH2].[Tl]. The van der Waals surface area contributed by atoms with Gasteiger partial charge in [0, 0.05) is 44.4 Å². The van der Waals surface area contributed by atoms with E-state index in [1.807, 2.05) is 0 Å². The van der Waals surface area contributed by atoms with Crippen molar-refractivity contribution in [2.45, 2.75) is 0 Å². The van der Waals surface area contributed by atoms with E-state index in [0.717, 1.165) is 0 Å². The second kappa shape index (κ2) is 17.0. The summed E-state index contributed by atoms with van der Waals surface area (Å²) in [5, 5.41) is 0. The topological polar surface area (TPSA) is 0 Å². The van der Waals surface area contributed by atoms with Gasteiger partial charge in [-0.15, -0.1) is 0 Å². The van der Waals surface area contributed by atoms with Crippen molar-refractivity contribution in [1.29, 1.82) is 0 Å². The average molecular weight is 467 g/mol. The van der Waals surface area contributed by atoms with Crippen molar-refractivity contribution < 1.29 is 17.1 Å². The molecule has 0 saturated carbocycles. The summed E-state index contributed by atoms with van der Waals surface area (Å²) in [6.07, 6.45) is 0. The Bertz CT molecular complexity index is 8.00. The van der Waals surface area contributed by atoms with Gasteiger partial charge in [0.1, 0.15) is 0 Å². The molecule has 0 atom stereocenters. The Labute approximate surface area is 85.8 Å². The minimum Gasteiger partial charge on any atom is 0 e. The van der Waals surface area contributed by atoms with Gasteiger partial charge in [0.2, 0.25) is 0 Å².